The van der Waals surface area contributed by atoms with Crippen LogP contribution >= 0.6 is 11.3 Å². The third-order valence-corrected chi connectivity index (χ3v) is 22.2. The van der Waals surface area contributed by atoms with Gasteiger partial charge < -0.3 is 133 Å². The highest BCUT2D eigenvalue weighted by Gasteiger charge is 2.49. The lowest BCUT2D eigenvalue weighted by Gasteiger charge is -2.44. The number of nitrogens with two attached hydrogens (primary N) is 1. The number of ether oxygens (including phenoxy) is 15. The number of hydrogen-bond acceptors (Lipinski definition) is 29. The number of carbonyl (C=O) groups excluding carboxylic acids is 6. The van der Waals surface area contributed by atoms with Crippen molar-refractivity contribution in [3.8, 4) is 5.75 Å². The van der Waals surface area contributed by atoms with E-state index >= 15 is 9.59 Å². The van der Waals surface area contributed by atoms with Crippen molar-refractivity contribution in [2.45, 2.75) is 206 Å². The number of rotatable bonds is 70. The van der Waals surface area contributed by atoms with Crippen LogP contribution in [-0.4, -0.2) is 341 Å². The van der Waals surface area contributed by atoms with Crippen molar-refractivity contribution in [1.29, 1.82) is 0 Å². The molecule has 0 spiro atoms. The van der Waals surface area contributed by atoms with Gasteiger partial charge in [-0.1, -0.05) is 85.2 Å². The quantitative estimate of drug-likeness (QED) is 0.0255. The van der Waals surface area contributed by atoms with Crippen LogP contribution in [0.2, 0.25) is 0 Å². The molecule has 1 unspecified atom stereocenters. The summed E-state index contributed by atoms with van der Waals surface area (Å²) < 4.78 is 84.6. The fraction of sp³-hybridized carbons (Fsp3) is 0.736. The summed E-state index contributed by atoms with van der Waals surface area (Å²) >= 11 is 1.27. The van der Waals surface area contributed by atoms with Crippen LogP contribution in [0.25, 0.3) is 0 Å². The van der Waals surface area contributed by atoms with Crippen molar-refractivity contribution in [2.24, 2.45) is 23.5 Å². The predicted octanol–water partition coefficient (Wildman–Crippen LogP) is 5.20. The molecule has 2 aliphatic heterocycles. The second-order valence-corrected chi connectivity index (χ2v) is 32.6. The molecule has 3 aromatic rings. The van der Waals surface area contributed by atoms with Crippen molar-refractivity contribution in [3.05, 3.63) is 75.7 Å². The predicted molar refractivity (Wildman–Crippen MR) is 462 cm³/mol. The average Bonchev–Trinajstić information content (AvgIpc) is 1.27. The van der Waals surface area contributed by atoms with Crippen LogP contribution in [0.15, 0.2) is 53.9 Å². The first-order valence-corrected chi connectivity index (χ1v) is 45.0. The van der Waals surface area contributed by atoms with Crippen LogP contribution in [0.1, 0.15) is 158 Å². The van der Waals surface area contributed by atoms with Crippen LogP contribution in [0.5, 0.6) is 5.75 Å². The molecular formula is C87H144N9O28S+. The fourth-order valence-corrected chi connectivity index (χ4v) is 14.8. The molecule has 5 rings (SSSR count). The fourth-order valence-electron chi connectivity index (χ4n) is 13.9. The molecule has 0 saturated carbocycles. The highest BCUT2D eigenvalue weighted by Crippen LogP contribution is 2.36. The molecule has 1 aromatic heterocycles. The number of benzene rings is 2. The number of aromatic nitrogens is 1. The van der Waals surface area contributed by atoms with E-state index in [2.05, 4.69) is 26.6 Å². The molecule has 37 nitrogen and oxygen atoms in total. The van der Waals surface area contributed by atoms with Gasteiger partial charge in [0.05, 0.1) is 177 Å². The number of thiazole rings is 1. The number of likely N-dealkylation sites (N-methyl/N-ethyl adjacent to an activating group) is 2. The second kappa shape index (κ2) is 62.8. The number of anilines is 1. The number of hydrogen-bond donors (Lipinski definition) is 11. The van der Waals surface area contributed by atoms with Gasteiger partial charge in [-0.05, 0) is 93.4 Å². The summed E-state index contributed by atoms with van der Waals surface area (Å²) in [5, 5.41) is 68.3. The third-order valence-electron chi connectivity index (χ3n) is 21.3. The van der Waals surface area contributed by atoms with Crippen molar-refractivity contribution < 1.29 is 139 Å². The first-order chi connectivity index (χ1) is 60.2. The maximum Gasteiger partial charge on any atom is 0.411 e. The van der Waals surface area contributed by atoms with Crippen LogP contribution in [0, 0.1) is 17.8 Å². The zero-order chi connectivity index (χ0) is 91.2. The number of likely N-dealkylation sites (tertiary alicyclic amines) is 1. The summed E-state index contributed by atoms with van der Waals surface area (Å²) in [5.41, 5.74) is 7.60. The van der Waals surface area contributed by atoms with Crippen molar-refractivity contribution >= 4 is 64.6 Å². The Morgan fingerprint density at radius 1 is 0.640 bits per heavy atom. The molecule has 2 aromatic carbocycles. The number of piperidine rings is 1. The Balaban J connectivity index is 0.972. The number of nitrogens with one attached hydrogen (secondary N) is 5. The SMILES string of the molecule is CCCNC(=O)[C@@H](N)CCCCNC(=O)CCOCCOCCOCCOCCOCCOCCOCCOCCOCCOCCOCCOC(=O)Nc1cc(C[N+]2(C)CCCC[C@@H]2C(=O)N[C@H](C(=O)N(C)[C@H](C[C@@H](OCCC)c2nc(C(=O)N[C@@H](Cc3ccccc3)C[C@H](C)C(=O)O)cs2)C(C)C)[C@@H](C)CC)ccc1O[C@@H]1O[C@H](C(=O)O)[C@@H](O)[C@H](O)[C@H]1O. The number of carbonyl (C=O) groups is 8. The van der Waals surface area contributed by atoms with Crippen LogP contribution in [-0.2, 0) is 108 Å². The van der Waals surface area contributed by atoms with Gasteiger partial charge in [-0.3, -0.25) is 34.1 Å². The van der Waals surface area contributed by atoms with Gasteiger partial charge in [0.2, 0.25) is 24.0 Å². The lowest BCUT2D eigenvalue weighted by atomic mass is 9.92. The van der Waals surface area contributed by atoms with E-state index in [1.54, 1.807) is 36.4 Å². The molecule has 2 fully saturated rings. The zero-order valence-electron chi connectivity index (χ0n) is 74.7. The molecule has 2 saturated heterocycles. The van der Waals surface area contributed by atoms with E-state index in [0.29, 0.717) is 201 Å². The Kier molecular flexibility index (Phi) is 54.4. The summed E-state index contributed by atoms with van der Waals surface area (Å²) in [7, 11) is 3.68. The molecule has 125 heavy (non-hydrogen) atoms. The Morgan fingerprint density at radius 3 is 1.73 bits per heavy atom. The summed E-state index contributed by atoms with van der Waals surface area (Å²) in [5.74, 6) is -5.12. The molecular weight excluding hydrogens is 1650 g/mol. The van der Waals surface area contributed by atoms with Gasteiger partial charge in [0.1, 0.15) is 60.1 Å². The standard InChI is InChI=1S/C87H143N9O28S/c1-10-27-90-79(101)66(88)22-16-18-28-89-73(97)26-31-110-32-33-111-34-35-112-36-37-113-38-39-114-40-41-115-42-43-116-44-45-117-46-47-118-48-49-119-50-51-120-52-53-122-87(109)93-67-56-64(24-25-71(67)123-86-77(100)75(98)76(99)78(124-86)85(107)108)58-96(9)29-19-17-23-70(96)81(103)94-74(61(6)12-3)83(104)95(8)69(60(4)5)57-72(121-30-11-2)82-92-68(59-125-82)80(102)91-65(54-62(7)84(105)106)55-63-20-14-13-15-21-63/h13-15,20-21,24-25,56,59-62,65-66,69-70,72,74-78,86,98-100H,10-12,16-19,22-23,26-55,57-58,88H2,1-9H3,(H6-,89,90,91,93,94,97,101,102,103,105,106,107,108,109)/p+1/t61-,62-,65+,66-,69+,70+,72+,74-,75-,76-,77+,78-,86+,96?/m0/s1. The van der Waals surface area contributed by atoms with E-state index < -0.39 is 96.9 Å². The Labute approximate surface area is 739 Å². The Morgan fingerprint density at radius 2 is 1.20 bits per heavy atom. The minimum Gasteiger partial charge on any atom is -0.481 e. The normalized spacial score (nSPS) is 19.4. The molecule has 0 radical (unpaired) electrons. The van der Waals surface area contributed by atoms with E-state index in [1.807, 2.05) is 78.9 Å². The lowest BCUT2D eigenvalue weighted by molar-refractivity contribution is -0.942. The van der Waals surface area contributed by atoms with Gasteiger partial charge in [-0.15, -0.1) is 11.3 Å². The number of amides is 6. The lowest BCUT2D eigenvalue weighted by Crippen LogP contribution is -2.63. The third kappa shape index (κ3) is 42.2. The number of nitrogens with zero attached hydrogens (tertiary/aromatic N) is 3. The Hall–Kier alpha value is -7.29. The summed E-state index contributed by atoms with van der Waals surface area (Å²) in [6, 6.07) is 11.2. The van der Waals surface area contributed by atoms with Gasteiger partial charge in [0, 0.05) is 69.0 Å². The summed E-state index contributed by atoms with van der Waals surface area (Å²) in [4.78, 5) is 112. The van der Waals surface area contributed by atoms with Crippen LogP contribution in [0.3, 0.4) is 0 Å². The monoisotopic (exact) mass is 1790 g/mol. The van der Waals surface area contributed by atoms with Crippen molar-refractivity contribution in [2.75, 3.05) is 198 Å². The van der Waals surface area contributed by atoms with Crippen molar-refractivity contribution in [1.82, 2.24) is 31.2 Å². The average molecular weight is 1800 g/mol. The van der Waals surface area contributed by atoms with Gasteiger partial charge >= 0.3 is 18.0 Å². The maximum absolute atomic E-state index is 15.1. The van der Waals surface area contributed by atoms with E-state index in [-0.39, 0.29) is 103 Å². The topological polar surface area (TPSA) is 478 Å². The molecule has 6 amide bonds. The Bertz CT molecular complexity index is 3520. The molecule has 3 heterocycles. The van der Waals surface area contributed by atoms with Gasteiger partial charge in [-0.2, -0.15) is 0 Å². The van der Waals surface area contributed by atoms with Crippen LogP contribution in [0.4, 0.5) is 10.5 Å². The first kappa shape index (κ1) is 108. The molecule has 14 atom stereocenters. The smallest absolute Gasteiger partial charge is 0.411 e. The highest BCUT2D eigenvalue weighted by molar-refractivity contribution is 7.09. The van der Waals surface area contributed by atoms with E-state index in [9.17, 15) is 54.3 Å². The molecule has 12 N–H and O–H groups in total. The number of quaternary nitrogens is 1. The largest absolute Gasteiger partial charge is 0.481 e. The van der Waals surface area contributed by atoms with E-state index in [0.717, 1.165) is 37.7 Å². The molecule has 38 heteroatoms. The minimum atomic E-state index is -2.00. The number of aliphatic hydroxyl groups is 3. The molecule has 0 bridgehead atoms. The number of unbranched alkanes of at least 4 members (excludes halogenated alkanes) is 1. The van der Waals surface area contributed by atoms with Gasteiger partial charge in [0.15, 0.2) is 12.1 Å². The summed E-state index contributed by atoms with van der Waals surface area (Å²) in [6.45, 7) is 23.3. The van der Waals surface area contributed by atoms with Crippen LogP contribution < -0.4 is 37.1 Å². The number of carboxylic acid groups (broad SMARTS) is 2. The molecule has 2 aliphatic rings. The minimum absolute atomic E-state index is 0.00835. The highest BCUT2D eigenvalue weighted by atomic mass is 32.1. The number of carboxylic acids is 2. The second-order valence-electron chi connectivity index (χ2n) is 31.7. The van der Waals surface area contributed by atoms with Gasteiger partial charge in [-0.25, -0.2) is 14.6 Å². The van der Waals surface area contributed by atoms with Crippen molar-refractivity contribution in [3.63, 3.8) is 0 Å². The number of aliphatic carboxylic acids is 2. The molecule has 0 aliphatic carbocycles. The maximum atomic E-state index is 15.1. The molecule has 710 valence electrons. The summed E-state index contributed by atoms with van der Waals surface area (Å²) in [6.07, 6.45) is -3.94. The van der Waals surface area contributed by atoms with Gasteiger partial charge in [0.25, 0.3) is 11.8 Å². The first-order valence-electron chi connectivity index (χ1n) is 44.1. The number of aliphatic hydroxyl groups excluding tert-OH is 3. The zero-order valence-corrected chi connectivity index (χ0v) is 75.5. The van der Waals surface area contributed by atoms with E-state index in [1.165, 1.54) is 17.4 Å². The van der Waals surface area contributed by atoms with E-state index in [4.69, 9.17) is 81.8 Å².